The molecule has 0 aromatic carbocycles. The normalized spacial score (nSPS) is 10.6. The lowest BCUT2D eigenvalue weighted by molar-refractivity contribution is 0.952. The van der Waals surface area contributed by atoms with E-state index < -0.39 is 0 Å². The molecule has 0 saturated heterocycles. The molecule has 0 rings (SSSR count). The highest BCUT2D eigenvalue weighted by Gasteiger charge is 1.68. The van der Waals surface area contributed by atoms with Gasteiger partial charge in [-0.1, -0.05) is 32.4 Å². The second kappa shape index (κ2) is 5.74. The van der Waals surface area contributed by atoms with Gasteiger partial charge in [-0.3, -0.25) is 0 Å². The molecule has 0 aliphatic carbocycles. The van der Waals surface area contributed by atoms with Crippen molar-refractivity contribution in [2.75, 3.05) is 0 Å². The highest BCUT2D eigenvalue weighted by Crippen LogP contribution is 1.88. The van der Waals surface area contributed by atoms with Crippen LogP contribution in [0.4, 0.5) is 0 Å². The van der Waals surface area contributed by atoms with Crippen molar-refractivity contribution in [3.8, 4) is 0 Å². The molecule has 42 valence electrons. The van der Waals surface area contributed by atoms with E-state index in [2.05, 4.69) is 26.0 Å². The summed E-state index contributed by atoms with van der Waals surface area (Å²) in [4.78, 5) is 0. The van der Waals surface area contributed by atoms with Crippen molar-refractivity contribution < 1.29 is 0 Å². The van der Waals surface area contributed by atoms with Gasteiger partial charge >= 0.3 is 0 Å². The van der Waals surface area contributed by atoms with Gasteiger partial charge in [-0.05, 0) is 12.8 Å². The van der Waals surface area contributed by atoms with Gasteiger partial charge in [0, 0.05) is 0 Å². The van der Waals surface area contributed by atoms with Gasteiger partial charge < -0.3 is 0 Å². The van der Waals surface area contributed by atoms with E-state index in [0.717, 1.165) is 0 Å². The Balaban J connectivity index is 2.78. The first-order valence-electron chi connectivity index (χ1n) is 3.06. The number of hydrogen-bond donors (Lipinski definition) is 0. The van der Waals surface area contributed by atoms with E-state index in [-0.39, 0.29) is 0 Å². The van der Waals surface area contributed by atoms with Crippen molar-refractivity contribution >= 4 is 0 Å². The van der Waals surface area contributed by atoms with Crippen LogP contribution in [0.3, 0.4) is 0 Å². The first-order chi connectivity index (χ1) is 3.41. The lowest BCUT2D eigenvalue weighted by Gasteiger charge is -1.79. The summed E-state index contributed by atoms with van der Waals surface area (Å²) in [5.41, 5.74) is 0. The Morgan fingerprint density at radius 3 is 2.29 bits per heavy atom. The van der Waals surface area contributed by atoms with Crippen LogP contribution in [0.15, 0.2) is 12.2 Å². The van der Waals surface area contributed by atoms with E-state index in [4.69, 9.17) is 0 Å². The summed E-state index contributed by atoms with van der Waals surface area (Å²) < 4.78 is 0. The van der Waals surface area contributed by atoms with Crippen LogP contribution in [0.1, 0.15) is 33.1 Å². The molecular formula is C7H14. The minimum absolute atomic E-state index is 1.18. The first kappa shape index (κ1) is 6.74. The van der Waals surface area contributed by atoms with Gasteiger partial charge in [-0.2, -0.15) is 0 Å². The Morgan fingerprint density at radius 2 is 1.86 bits per heavy atom. The molecule has 0 unspecified atom stereocenters. The molecule has 0 saturated carbocycles. The molecule has 0 nitrogen and oxygen atoms in total. The van der Waals surface area contributed by atoms with Crippen molar-refractivity contribution in [1.82, 2.24) is 0 Å². The SMILES string of the molecule is CC/C=C/CCC. The summed E-state index contributed by atoms with van der Waals surface area (Å²) in [7, 11) is 0. The minimum Gasteiger partial charge on any atom is -0.0888 e. The van der Waals surface area contributed by atoms with Crippen LogP contribution in [0, 0.1) is 0 Å². The standard InChI is InChI=1S/C7H14/c1-3-5-7-6-4-2/h5,7H,3-4,6H2,1-2H3/b7-5+. The molecule has 0 aliphatic rings. The van der Waals surface area contributed by atoms with Crippen LogP contribution in [-0.4, -0.2) is 0 Å². The smallest absolute Gasteiger partial charge is 0.0353 e. The summed E-state index contributed by atoms with van der Waals surface area (Å²) in [6.07, 6.45) is 8.15. The molecule has 0 N–H and O–H groups in total. The summed E-state index contributed by atoms with van der Waals surface area (Å²) >= 11 is 0. The molecule has 0 radical (unpaired) electrons. The molecular weight excluding hydrogens is 84.1 g/mol. The number of allylic oxidation sites excluding steroid dienone is 2. The predicted molar refractivity (Wildman–Crippen MR) is 34.3 cm³/mol. The first-order valence-corrected chi connectivity index (χ1v) is 3.06. The number of hydrogen-bond acceptors (Lipinski definition) is 0. The average molecular weight is 98.2 g/mol. The molecule has 0 bridgehead atoms. The molecule has 0 heterocycles. The topological polar surface area (TPSA) is 0 Å². The fourth-order valence-electron chi connectivity index (χ4n) is 0.451. The lowest BCUT2D eigenvalue weighted by Crippen LogP contribution is -1.58. The molecule has 0 aromatic heterocycles. The summed E-state index contributed by atoms with van der Waals surface area (Å²) in [5.74, 6) is 0. The van der Waals surface area contributed by atoms with E-state index in [0.29, 0.717) is 0 Å². The van der Waals surface area contributed by atoms with Gasteiger partial charge in [-0.25, -0.2) is 0 Å². The van der Waals surface area contributed by atoms with Crippen LogP contribution in [0.5, 0.6) is 0 Å². The Morgan fingerprint density at radius 1 is 1.14 bits per heavy atom. The Labute approximate surface area is 46.2 Å². The molecule has 0 fully saturated rings. The predicted octanol–water partition coefficient (Wildman–Crippen LogP) is 2.75. The second-order valence-corrected chi connectivity index (χ2v) is 1.67. The molecule has 0 aliphatic heterocycles. The highest BCUT2D eigenvalue weighted by atomic mass is 13.7. The summed E-state index contributed by atoms with van der Waals surface area (Å²) in [6.45, 7) is 4.35. The monoisotopic (exact) mass is 98.1 g/mol. The van der Waals surface area contributed by atoms with Crippen LogP contribution in [0.2, 0.25) is 0 Å². The molecule has 0 spiro atoms. The van der Waals surface area contributed by atoms with Crippen LogP contribution in [0.25, 0.3) is 0 Å². The van der Waals surface area contributed by atoms with Gasteiger partial charge in [0.25, 0.3) is 0 Å². The fraction of sp³-hybridized carbons (Fsp3) is 0.714. The van der Waals surface area contributed by atoms with Crippen LogP contribution in [-0.2, 0) is 0 Å². The van der Waals surface area contributed by atoms with Gasteiger partial charge in [0.05, 0.1) is 0 Å². The number of unbranched alkanes of at least 4 members (excludes halogenated alkanes) is 1. The summed E-state index contributed by atoms with van der Waals surface area (Å²) in [6, 6.07) is 0. The maximum Gasteiger partial charge on any atom is -0.0353 e. The molecule has 0 atom stereocenters. The van der Waals surface area contributed by atoms with E-state index in [1.54, 1.807) is 0 Å². The Kier molecular flexibility index (Phi) is 5.53. The van der Waals surface area contributed by atoms with Crippen molar-refractivity contribution in [2.45, 2.75) is 33.1 Å². The van der Waals surface area contributed by atoms with E-state index in [1.807, 2.05) is 0 Å². The fourth-order valence-corrected chi connectivity index (χ4v) is 0.451. The third-order valence-corrected chi connectivity index (χ3v) is 0.858. The molecule has 0 heteroatoms. The zero-order valence-electron chi connectivity index (χ0n) is 5.28. The zero-order valence-corrected chi connectivity index (χ0v) is 5.28. The third-order valence-electron chi connectivity index (χ3n) is 0.858. The maximum atomic E-state index is 2.24. The van der Waals surface area contributed by atoms with Crippen molar-refractivity contribution in [3.63, 3.8) is 0 Å². The van der Waals surface area contributed by atoms with Gasteiger partial charge in [0.1, 0.15) is 0 Å². The Hall–Kier alpha value is -0.260. The molecule has 7 heavy (non-hydrogen) atoms. The molecule has 0 aromatic rings. The van der Waals surface area contributed by atoms with Gasteiger partial charge in [0.15, 0.2) is 0 Å². The van der Waals surface area contributed by atoms with E-state index in [9.17, 15) is 0 Å². The maximum absolute atomic E-state index is 2.24. The van der Waals surface area contributed by atoms with Crippen LogP contribution >= 0.6 is 0 Å². The van der Waals surface area contributed by atoms with Crippen molar-refractivity contribution in [2.24, 2.45) is 0 Å². The van der Waals surface area contributed by atoms with Crippen molar-refractivity contribution in [1.29, 1.82) is 0 Å². The van der Waals surface area contributed by atoms with E-state index >= 15 is 0 Å². The number of rotatable bonds is 3. The van der Waals surface area contributed by atoms with Gasteiger partial charge in [-0.15, -0.1) is 0 Å². The Bertz CT molecular complexity index is 44.0. The lowest BCUT2D eigenvalue weighted by atomic mass is 10.3. The quantitative estimate of drug-likeness (QED) is 0.476. The molecule has 0 amide bonds. The second-order valence-electron chi connectivity index (χ2n) is 1.67. The van der Waals surface area contributed by atoms with Crippen LogP contribution < -0.4 is 0 Å². The van der Waals surface area contributed by atoms with E-state index in [1.165, 1.54) is 19.3 Å². The summed E-state index contributed by atoms with van der Waals surface area (Å²) in [5, 5.41) is 0. The van der Waals surface area contributed by atoms with Gasteiger partial charge in [0.2, 0.25) is 0 Å². The largest absolute Gasteiger partial charge is 0.0888 e. The average Bonchev–Trinajstić information content (AvgIpc) is 1.69. The minimum atomic E-state index is 1.18. The zero-order chi connectivity index (χ0) is 5.54. The highest BCUT2D eigenvalue weighted by molar-refractivity contribution is 4.78. The van der Waals surface area contributed by atoms with Crippen molar-refractivity contribution in [3.05, 3.63) is 12.2 Å². The third kappa shape index (κ3) is 5.74.